The minimum Gasteiger partial charge on any atom is -0.303 e. The minimum absolute atomic E-state index is 1.11. The van der Waals surface area contributed by atoms with Crippen LogP contribution in [-0.2, 0) is 0 Å². The van der Waals surface area contributed by atoms with Gasteiger partial charge < -0.3 is 4.90 Å². The Morgan fingerprint density at radius 1 is 0.800 bits per heavy atom. The van der Waals surface area contributed by atoms with Crippen molar-refractivity contribution in [2.75, 3.05) is 25.0 Å². The highest BCUT2D eigenvalue weighted by Crippen LogP contribution is 2.07. The lowest BCUT2D eigenvalue weighted by Gasteiger charge is -2.18. The van der Waals surface area contributed by atoms with Crippen molar-refractivity contribution in [3.8, 4) is 0 Å². The van der Waals surface area contributed by atoms with Crippen molar-refractivity contribution in [3.63, 3.8) is 0 Å². The largest absolute Gasteiger partial charge is 0.303 e. The molecule has 0 bridgehead atoms. The molecule has 0 aromatic heterocycles. The van der Waals surface area contributed by atoms with Gasteiger partial charge in [0, 0.05) is 11.9 Å². The van der Waals surface area contributed by atoms with Crippen LogP contribution in [0, 0.1) is 0 Å². The summed E-state index contributed by atoms with van der Waals surface area (Å²) < 4.78 is 0. The SMILES string of the molecule is CCCCCCCCCN(CC)CCBr. The van der Waals surface area contributed by atoms with Crippen LogP contribution in [0.2, 0.25) is 0 Å². The van der Waals surface area contributed by atoms with E-state index in [1.165, 1.54) is 64.6 Å². The van der Waals surface area contributed by atoms with Gasteiger partial charge in [-0.2, -0.15) is 0 Å². The van der Waals surface area contributed by atoms with E-state index in [4.69, 9.17) is 0 Å². The van der Waals surface area contributed by atoms with Gasteiger partial charge in [0.1, 0.15) is 0 Å². The first kappa shape index (κ1) is 15.4. The molecular weight excluding hydrogens is 250 g/mol. The van der Waals surface area contributed by atoms with Gasteiger partial charge in [-0.15, -0.1) is 0 Å². The van der Waals surface area contributed by atoms with Crippen LogP contribution in [0.5, 0.6) is 0 Å². The maximum atomic E-state index is 3.50. The van der Waals surface area contributed by atoms with Crippen LogP contribution in [0.25, 0.3) is 0 Å². The lowest BCUT2D eigenvalue weighted by atomic mass is 10.1. The van der Waals surface area contributed by atoms with Gasteiger partial charge >= 0.3 is 0 Å². The van der Waals surface area contributed by atoms with E-state index in [0.717, 1.165) is 5.33 Å². The van der Waals surface area contributed by atoms with Crippen molar-refractivity contribution in [2.45, 2.75) is 58.8 Å². The molecule has 0 atom stereocenters. The highest BCUT2D eigenvalue weighted by molar-refractivity contribution is 9.09. The molecule has 0 aromatic carbocycles. The fourth-order valence-corrected chi connectivity index (χ4v) is 2.34. The summed E-state index contributed by atoms with van der Waals surface area (Å²) in [5.74, 6) is 0. The molecular formula is C13H28BrN. The predicted octanol–water partition coefficient (Wildman–Crippen LogP) is 4.45. The third-order valence-electron chi connectivity index (χ3n) is 2.93. The fourth-order valence-electron chi connectivity index (χ4n) is 1.84. The quantitative estimate of drug-likeness (QED) is 0.398. The van der Waals surface area contributed by atoms with Crippen LogP contribution in [-0.4, -0.2) is 29.9 Å². The Kier molecular flexibility index (Phi) is 12.9. The van der Waals surface area contributed by atoms with Crippen molar-refractivity contribution in [1.29, 1.82) is 0 Å². The number of hydrogen-bond donors (Lipinski definition) is 0. The molecule has 0 fully saturated rings. The van der Waals surface area contributed by atoms with E-state index in [9.17, 15) is 0 Å². The van der Waals surface area contributed by atoms with Gasteiger partial charge in [0.2, 0.25) is 0 Å². The third kappa shape index (κ3) is 10.7. The first-order valence-electron chi connectivity index (χ1n) is 6.63. The lowest BCUT2D eigenvalue weighted by molar-refractivity contribution is 0.298. The number of halogens is 1. The predicted molar refractivity (Wildman–Crippen MR) is 73.9 cm³/mol. The fraction of sp³-hybridized carbons (Fsp3) is 1.00. The van der Waals surface area contributed by atoms with E-state index in [0.29, 0.717) is 0 Å². The smallest absolute Gasteiger partial charge is 0.0159 e. The van der Waals surface area contributed by atoms with Crippen molar-refractivity contribution >= 4 is 15.9 Å². The number of alkyl halides is 1. The molecule has 92 valence electrons. The Labute approximate surface area is 105 Å². The zero-order chi connectivity index (χ0) is 11.4. The molecule has 0 rings (SSSR count). The number of rotatable bonds is 11. The summed E-state index contributed by atoms with van der Waals surface area (Å²) in [6.07, 6.45) is 9.90. The van der Waals surface area contributed by atoms with E-state index >= 15 is 0 Å². The molecule has 0 aliphatic heterocycles. The molecule has 0 aliphatic carbocycles. The summed E-state index contributed by atoms with van der Waals surface area (Å²) in [6.45, 7) is 8.22. The van der Waals surface area contributed by atoms with Crippen molar-refractivity contribution in [1.82, 2.24) is 4.90 Å². The third-order valence-corrected chi connectivity index (χ3v) is 3.28. The summed E-state index contributed by atoms with van der Waals surface area (Å²) in [4.78, 5) is 2.53. The standard InChI is InChI=1S/C13H28BrN/c1-3-5-6-7-8-9-10-12-15(4-2)13-11-14/h3-13H2,1-2H3. The number of hydrogen-bond acceptors (Lipinski definition) is 1. The normalized spacial score (nSPS) is 11.2. The Morgan fingerprint density at radius 3 is 1.93 bits per heavy atom. The zero-order valence-electron chi connectivity index (χ0n) is 10.6. The molecule has 0 saturated heterocycles. The monoisotopic (exact) mass is 277 g/mol. The topological polar surface area (TPSA) is 3.24 Å². The van der Waals surface area contributed by atoms with Gasteiger partial charge in [-0.1, -0.05) is 68.3 Å². The van der Waals surface area contributed by atoms with E-state index in [2.05, 4.69) is 34.7 Å². The van der Waals surface area contributed by atoms with Crippen LogP contribution in [0.3, 0.4) is 0 Å². The molecule has 15 heavy (non-hydrogen) atoms. The summed E-state index contributed by atoms with van der Waals surface area (Å²) in [5, 5.41) is 1.11. The number of nitrogens with zero attached hydrogens (tertiary/aromatic N) is 1. The zero-order valence-corrected chi connectivity index (χ0v) is 12.2. The molecule has 2 heteroatoms. The lowest BCUT2D eigenvalue weighted by Crippen LogP contribution is -2.26. The first-order valence-corrected chi connectivity index (χ1v) is 7.75. The van der Waals surface area contributed by atoms with Crippen molar-refractivity contribution < 1.29 is 0 Å². The Balaban J connectivity index is 3.14. The van der Waals surface area contributed by atoms with Crippen LogP contribution < -0.4 is 0 Å². The van der Waals surface area contributed by atoms with E-state index in [-0.39, 0.29) is 0 Å². The van der Waals surface area contributed by atoms with Gasteiger partial charge in [-0.3, -0.25) is 0 Å². The molecule has 0 saturated carbocycles. The van der Waals surface area contributed by atoms with E-state index in [1.807, 2.05) is 0 Å². The number of unbranched alkanes of at least 4 members (excludes halogenated alkanes) is 6. The second-order valence-corrected chi connectivity index (χ2v) is 5.04. The van der Waals surface area contributed by atoms with E-state index < -0.39 is 0 Å². The molecule has 0 unspecified atom stereocenters. The van der Waals surface area contributed by atoms with Crippen molar-refractivity contribution in [3.05, 3.63) is 0 Å². The highest BCUT2D eigenvalue weighted by Gasteiger charge is 1.99. The molecule has 0 N–H and O–H groups in total. The Morgan fingerprint density at radius 2 is 1.40 bits per heavy atom. The molecule has 1 nitrogen and oxygen atoms in total. The molecule has 0 radical (unpaired) electrons. The first-order chi connectivity index (χ1) is 7.35. The summed E-state index contributed by atoms with van der Waals surface area (Å²) in [7, 11) is 0. The second kappa shape index (κ2) is 12.5. The van der Waals surface area contributed by atoms with Crippen LogP contribution in [0.4, 0.5) is 0 Å². The van der Waals surface area contributed by atoms with Gasteiger partial charge in [0.25, 0.3) is 0 Å². The molecule has 0 aromatic rings. The van der Waals surface area contributed by atoms with Crippen LogP contribution in [0.1, 0.15) is 58.8 Å². The molecule has 0 aliphatic rings. The van der Waals surface area contributed by atoms with Gasteiger partial charge in [0.15, 0.2) is 0 Å². The van der Waals surface area contributed by atoms with Crippen LogP contribution >= 0.6 is 15.9 Å². The Hall–Kier alpha value is 0.440. The average molecular weight is 278 g/mol. The van der Waals surface area contributed by atoms with Crippen LogP contribution in [0.15, 0.2) is 0 Å². The maximum Gasteiger partial charge on any atom is 0.0159 e. The van der Waals surface area contributed by atoms with E-state index in [1.54, 1.807) is 0 Å². The average Bonchev–Trinajstić information content (AvgIpc) is 2.26. The second-order valence-electron chi connectivity index (χ2n) is 4.24. The molecule has 0 amide bonds. The van der Waals surface area contributed by atoms with Gasteiger partial charge in [-0.25, -0.2) is 0 Å². The molecule has 0 heterocycles. The summed E-state index contributed by atoms with van der Waals surface area (Å²) >= 11 is 3.50. The Bertz CT molecular complexity index is 117. The summed E-state index contributed by atoms with van der Waals surface area (Å²) in [5.41, 5.74) is 0. The summed E-state index contributed by atoms with van der Waals surface area (Å²) in [6, 6.07) is 0. The van der Waals surface area contributed by atoms with Crippen molar-refractivity contribution in [2.24, 2.45) is 0 Å². The highest BCUT2D eigenvalue weighted by atomic mass is 79.9. The maximum absolute atomic E-state index is 3.50. The molecule has 0 spiro atoms. The minimum atomic E-state index is 1.11. The van der Waals surface area contributed by atoms with Gasteiger partial charge in [0.05, 0.1) is 0 Å². The van der Waals surface area contributed by atoms with Gasteiger partial charge in [-0.05, 0) is 19.5 Å².